The molecule has 0 unspecified atom stereocenters. The quantitative estimate of drug-likeness (QED) is 0.732. The normalized spacial score (nSPS) is 14.2. The van der Waals surface area contributed by atoms with Crippen molar-refractivity contribution in [2.75, 3.05) is 13.7 Å². The fourth-order valence-electron chi connectivity index (χ4n) is 3.46. The highest BCUT2D eigenvalue weighted by molar-refractivity contribution is 5.89. The average Bonchev–Trinajstić information content (AvgIpc) is 3.05. The van der Waals surface area contributed by atoms with Crippen molar-refractivity contribution in [3.05, 3.63) is 59.7 Å². The Labute approximate surface area is 169 Å². The molecule has 2 aromatic carbocycles. The topological polar surface area (TPSA) is 93.7 Å². The predicted octanol–water partition coefficient (Wildman–Crippen LogP) is 2.59. The minimum absolute atomic E-state index is 0.0587. The van der Waals surface area contributed by atoms with E-state index in [-0.39, 0.29) is 12.5 Å². The molecule has 2 amide bonds. The van der Waals surface area contributed by atoms with Crippen LogP contribution in [0.3, 0.4) is 0 Å². The number of carbonyl (C=O) groups excluding carboxylic acids is 3. The van der Waals surface area contributed by atoms with Crippen molar-refractivity contribution in [2.45, 2.75) is 31.8 Å². The zero-order chi connectivity index (χ0) is 21.0. The van der Waals surface area contributed by atoms with E-state index in [9.17, 15) is 14.4 Å². The van der Waals surface area contributed by atoms with Crippen molar-refractivity contribution in [2.24, 2.45) is 0 Å². The Bertz CT molecular complexity index is 881. The van der Waals surface area contributed by atoms with E-state index in [1.807, 2.05) is 36.4 Å². The van der Waals surface area contributed by atoms with Gasteiger partial charge in [0, 0.05) is 5.92 Å². The summed E-state index contributed by atoms with van der Waals surface area (Å²) in [6.45, 7) is 3.18. The molecule has 152 valence electrons. The molecule has 7 nitrogen and oxygen atoms in total. The van der Waals surface area contributed by atoms with Gasteiger partial charge < -0.3 is 20.1 Å². The van der Waals surface area contributed by atoms with Crippen molar-refractivity contribution < 1.29 is 23.9 Å². The van der Waals surface area contributed by atoms with Gasteiger partial charge in [-0.05, 0) is 36.1 Å². The maximum Gasteiger partial charge on any atom is 0.407 e. The molecule has 0 saturated heterocycles. The highest BCUT2D eigenvalue weighted by Crippen LogP contribution is 2.44. The molecule has 7 heteroatoms. The van der Waals surface area contributed by atoms with E-state index in [1.54, 1.807) is 0 Å². The first kappa shape index (κ1) is 20.4. The van der Waals surface area contributed by atoms with Gasteiger partial charge in [-0.25, -0.2) is 9.59 Å². The van der Waals surface area contributed by atoms with Crippen molar-refractivity contribution in [3.8, 4) is 11.1 Å². The molecule has 0 aromatic heterocycles. The molecule has 0 heterocycles. The Morgan fingerprint density at radius 2 is 1.45 bits per heavy atom. The van der Waals surface area contributed by atoms with E-state index in [0.29, 0.717) is 0 Å². The minimum atomic E-state index is -0.863. The van der Waals surface area contributed by atoms with Crippen LogP contribution >= 0.6 is 0 Å². The number of nitrogens with one attached hydrogen (secondary N) is 2. The molecular weight excluding hydrogens is 372 g/mol. The number of ether oxygens (including phenoxy) is 2. The van der Waals surface area contributed by atoms with Crippen LogP contribution in [0.15, 0.2) is 48.5 Å². The fraction of sp³-hybridized carbons (Fsp3) is 0.318. The van der Waals surface area contributed by atoms with Crippen LogP contribution in [-0.2, 0) is 19.1 Å². The predicted molar refractivity (Wildman–Crippen MR) is 107 cm³/mol. The Morgan fingerprint density at radius 1 is 0.897 bits per heavy atom. The lowest BCUT2D eigenvalue weighted by Crippen LogP contribution is -2.49. The number of esters is 1. The Morgan fingerprint density at radius 3 is 2.00 bits per heavy atom. The first-order valence-electron chi connectivity index (χ1n) is 9.42. The van der Waals surface area contributed by atoms with Gasteiger partial charge in [0.25, 0.3) is 0 Å². The van der Waals surface area contributed by atoms with Crippen LogP contribution in [-0.4, -0.2) is 43.8 Å². The molecular formula is C22H24N2O5. The second-order valence-electron chi connectivity index (χ2n) is 6.95. The Balaban J connectivity index is 1.58. The number of amides is 2. The number of hydrogen-bond acceptors (Lipinski definition) is 5. The molecule has 0 saturated carbocycles. The zero-order valence-electron chi connectivity index (χ0n) is 16.6. The highest BCUT2D eigenvalue weighted by atomic mass is 16.5. The number of methoxy groups -OCH3 is 1. The van der Waals surface area contributed by atoms with E-state index in [1.165, 1.54) is 21.0 Å². The first-order chi connectivity index (χ1) is 13.9. The van der Waals surface area contributed by atoms with Crippen LogP contribution in [0.4, 0.5) is 4.79 Å². The maximum absolute atomic E-state index is 12.2. The second kappa shape index (κ2) is 8.77. The maximum atomic E-state index is 12.2. The van der Waals surface area contributed by atoms with Crippen LogP contribution < -0.4 is 10.6 Å². The first-order valence-corrected chi connectivity index (χ1v) is 9.42. The fourth-order valence-corrected chi connectivity index (χ4v) is 3.46. The van der Waals surface area contributed by atoms with E-state index in [4.69, 9.17) is 4.74 Å². The van der Waals surface area contributed by atoms with Crippen molar-refractivity contribution in [3.63, 3.8) is 0 Å². The summed E-state index contributed by atoms with van der Waals surface area (Å²) in [5.41, 5.74) is 4.50. The molecule has 2 N–H and O–H groups in total. The van der Waals surface area contributed by atoms with Gasteiger partial charge >= 0.3 is 12.1 Å². The molecule has 0 spiro atoms. The molecule has 0 radical (unpaired) electrons. The molecule has 3 rings (SSSR count). The third kappa shape index (κ3) is 4.39. The molecule has 29 heavy (non-hydrogen) atoms. The summed E-state index contributed by atoms with van der Waals surface area (Å²) in [6, 6.07) is 14.4. The standard InChI is InChI=1S/C22H24N2O5/c1-13(20(25)23-14(2)21(26)28-3)24-22(27)29-12-19-17-10-6-4-8-15(17)16-9-5-7-11-18(16)19/h4-11,13-14,19H,12H2,1-3H3,(H,23,25)(H,24,27)/t13-,14+/m1/s1. The molecule has 0 fully saturated rings. The molecule has 1 aliphatic rings. The number of fused-ring (bicyclic) bond motifs is 3. The monoisotopic (exact) mass is 396 g/mol. The van der Waals surface area contributed by atoms with Crippen molar-refractivity contribution in [1.29, 1.82) is 0 Å². The van der Waals surface area contributed by atoms with E-state index >= 15 is 0 Å². The third-order valence-electron chi connectivity index (χ3n) is 4.98. The summed E-state index contributed by atoms with van der Waals surface area (Å²) in [5.74, 6) is -1.13. The van der Waals surface area contributed by atoms with E-state index < -0.39 is 30.1 Å². The van der Waals surface area contributed by atoms with Crippen molar-refractivity contribution in [1.82, 2.24) is 10.6 Å². The number of hydrogen-bond donors (Lipinski definition) is 2. The van der Waals surface area contributed by atoms with Crippen LogP contribution in [0.25, 0.3) is 11.1 Å². The van der Waals surface area contributed by atoms with Crippen LogP contribution in [0.2, 0.25) is 0 Å². The lowest BCUT2D eigenvalue weighted by atomic mass is 9.98. The summed E-state index contributed by atoms with van der Waals surface area (Å²) in [6.07, 6.45) is -0.694. The number of rotatable bonds is 6. The largest absolute Gasteiger partial charge is 0.467 e. The molecule has 2 aromatic rings. The smallest absolute Gasteiger partial charge is 0.407 e. The average molecular weight is 396 g/mol. The SMILES string of the molecule is COC(=O)[C@H](C)NC(=O)[C@@H](C)NC(=O)OCC1c2ccccc2-c2ccccc21. The Hall–Kier alpha value is -3.35. The third-order valence-corrected chi connectivity index (χ3v) is 4.98. The van der Waals surface area contributed by atoms with E-state index in [2.05, 4.69) is 27.5 Å². The Kier molecular flexibility index (Phi) is 6.16. The van der Waals surface area contributed by atoms with Gasteiger partial charge in [-0.1, -0.05) is 48.5 Å². The number of alkyl carbamates (subject to hydrolysis) is 1. The molecule has 0 aliphatic heterocycles. The molecule has 2 atom stereocenters. The summed E-state index contributed by atoms with van der Waals surface area (Å²) >= 11 is 0. The molecule has 1 aliphatic carbocycles. The van der Waals surface area contributed by atoms with Gasteiger partial charge in [-0.15, -0.1) is 0 Å². The van der Waals surface area contributed by atoms with Gasteiger partial charge in [-0.3, -0.25) is 4.79 Å². The number of carbonyl (C=O) groups is 3. The summed E-state index contributed by atoms with van der Waals surface area (Å²) in [5, 5.41) is 4.96. The van der Waals surface area contributed by atoms with E-state index in [0.717, 1.165) is 22.3 Å². The van der Waals surface area contributed by atoms with Crippen LogP contribution in [0.1, 0.15) is 30.9 Å². The van der Waals surface area contributed by atoms with Gasteiger partial charge in [0.2, 0.25) is 5.91 Å². The summed E-state index contributed by atoms with van der Waals surface area (Å²) in [4.78, 5) is 35.7. The van der Waals surface area contributed by atoms with Crippen molar-refractivity contribution >= 4 is 18.0 Å². The highest BCUT2D eigenvalue weighted by Gasteiger charge is 2.29. The second-order valence-corrected chi connectivity index (χ2v) is 6.95. The summed E-state index contributed by atoms with van der Waals surface area (Å²) < 4.78 is 9.97. The summed E-state index contributed by atoms with van der Waals surface area (Å²) in [7, 11) is 1.24. The zero-order valence-corrected chi connectivity index (χ0v) is 16.6. The number of benzene rings is 2. The van der Waals surface area contributed by atoms with Crippen LogP contribution in [0, 0.1) is 0 Å². The van der Waals surface area contributed by atoms with Gasteiger partial charge in [0.15, 0.2) is 0 Å². The minimum Gasteiger partial charge on any atom is -0.467 e. The lowest BCUT2D eigenvalue weighted by molar-refractivity contribution is -0.144. The molecule has 0 bridgehead atoms. The van der Waals surface area contributed by atoms with Crippen LogP contribution in [0.5, 0.6) is 0 Å². The van der Waals surface area contributed by atoms with Gasteiger partial charge in [0.05, 0.1) is 7.11 Å². The van der Waals surface area contributed by atoms with Gasteiger partial charge in [0.1, 0.15) is 18.7 Å². The van der Waals surface area contributed by atoms with Gasteiger partial charge in [-0.2, -0.15) is 0 Å². The lowest BCUT2D eigenvalue weighted by Gasteiger charge is -2.18.